The predicted octanol–water partition coefficient (Wildman–Crippen LogP) is 2.83. The van der Waals surface area contributed by atoms with Crippen LogP contribution < -0.4 is 5.32 Å². The molecule has 112 valence electrons. The van der Waals surface area contributed by atoms with E-state index in [0.29, 0.717) is 12.3 Å². The lowest BCUT2D eigenvalue weighted by Gasteiger charge is -2.30. The van der Waals surface area contributed by atoms with Gasteiger partial charge >= 0.3 is 0 Å². The smallest absolute Gasteiger partial charge is 0.220 e. The molecule has 1 fully saturated rings. The molecule has 1 amide bonds. The number of thiazole rings is 1. The van der Waals surface area contributed by atoms with Gasteiger partial charge in [0, 0.05) is 18.0 Å². The van der Waals surface area contributed by atoms with Crippen molar-refractivity contribution >= 4 is 17.2 Å². The molecule has 0 aromatic carbocycles. The fourth-order valence-corrected chi connectivity index (χ4v) is 3.54. The quantitative estimate of drug-likeness (QED) is 0.878. The standard InChI is InChI=1S/C15H25N3OS/c1-3-13(15-16-7-10-20-15)17-14(19)11-12-5-8-18(4-2)9-6-12/h7,10,12-13H,3-6,8-9,11H2,1-2H3,(H,17,19)/t13-/m1/s1. The van der Waals surface area contributed by atoms with Gasteiger partial charge in [-0.2, -0.15) is 0 Å². The van der Waals surface area contributed by atoms with Crippen molar-refractivity contribution in [2.24, 2.45) is 5.92 Å². The normalized spacial score (nSPS) is 18.9. The van der Waals surface area contributed by atoms with E-state index in [4.69, 9.17) is 0 Å². The molecule has 1 atom stereocenters. The minimum atomic E-state index is 0.0817. The Labute approximate surface area is 125 Å². The average Bonchev–Trinajstić information content (AvgIpc) is 2.99. The molecule has 1 aromatic heterocycles. The zero-order chi connectivity index (χ0) is 14.4. The zero-order valence-corrected chi connectivity index (χ0v) is 13.3. The number of nitrogens with zero attached hydrogens (tertiary/aromatic N) is 2. The molecular weight excluding hydrogens is 270 g/mol. The summed E-state index contributed by atoms with van der Waals surface area (Å²) in [6, 6.07) is 0.0817. The van der Waals surface area contributed by atoms with E-state index in [0.717, 1.165) is 43.9 Å². The van der Waals surface area contributed by atoms with Crippen LogP contribution in [-0.4, -0.2) is 35.4 Å². The summed E-state index contributed by atoms with van der Waals surface area (Å²) in [5.41, 5.74) is 0. The van der Waals surface area contributed by atoms with Crippen LogP contribution in [0.15, 0.2) is 11.6 Å². The van der Waals surface area contributed by atoms with E-state index in [1.54, 1.807) is 17.5 Å². The summed E-state index contributed by atoms with van der Waals surface area (Å²) in [7, 11) is 0. The maximum atomic E-state index is 12.2. The van der Waals surface area contributed by atoms with Crippen LogP contribution in [-0.2, 0) is 4.79 Å². The number of aromatic nitrogens is 1. The van der Waals surface area contributed by atoms with Crippen molar-refractivity contribution in [3.8, 4) is 0 Å². The van der Waals surface area contributed by atoms with Crippen LogP contribution in [0.25, 0.3) is 0 Å². The third-order valence-electron chi connectivity index (χ3n) is 4.12. The number of hydrogen-bond donors (Lipinski definition) is 1. The van der Waals surface area contributed by atoms with Crippen LogP contribution in [0.1, 0.15) is 50.6 Å². The van der Waals surface area contributed by atoms with E-state index in [1.807, 2.05) is 5.38 Å². The first-order valence-corrected chi connectivity index (χ1v) is 8.52. The van der Waals surface area contributed by atoms with Crippen molar-refractivity contribution in [1.82, 2.24) is 15.2 Å². The maximum absolute atomic E-state index is 12.2. The highest BCUT2D eigenvalue weighted by atomic mass is 32.1. The zero-order valence-electron chi connectivity index (χ0n) is 12.5. The second-order valence-corrected chi connectivity index (χ2v) is 6.41. The Kier molecular flexibility index (Phi) is 5.98. The molecule has 0 aliphatic carbocycles. The molecule has 1 aliphatic heterocycles. The van der Waals surface area contributed by atoms with Crippen molar-refractivity contribution in [2.45, 2.75) is 45.6 Å². The Morgan fingerprint density at radius 2 is 2.25 bits per heavy atom. The Morgan fingerprint density at radius 1 is 1.50 bits per heavy atom. The lowest BCUT2D eigenvalue weighted by Crippen LogP contribution is -2.36. The molecule has 0 saturated carbocycles. The second kappa shape index (κ2) is 7.74. The number of piperidine rings is 1. The molecule has 0 unspecified atom stereocenters. The monoisotopic (exact) mass is 295 g/mol. The van der Waals surface area contributed by atoms with E-state index in [-0.39, 0.29) is 11.9 Å². The number of nitrogens with one attached hydrogen (secondary N) is 1. The van der Waals surface area contributed by atoms with Gasteiger partial charge in [-0.25, -0.2) is 4.98 Å². The van der Waals surface area contributed by atoms with Crippen molar-refractivity contribution in [3.63, 3.8) is 0 Å². The molecular formula is C15H25N3OS. The predicted molar refractivity (Wildman–Crippen MR) is 82.7 cm³/mol. The highest BCUT2D eigenvalue weighted by molar-refractivity contribution is 7.09. The highest BCUT2D eigenvalue weighted by Gasteiger charge is 2.22. The van der Waals surface area contributed by atoms with Crippen molar-refractivity contribution in [2.75, 3.05) is 19.6 Å². The van der Waals surface area contributed by atoms with Gasteiger partial charge in [0.1, 0.15) is 5.01 Å². The summed E-state index contributed by atoms with van der Waals surface area (Å²) in [6.07, 6.45) is 5.66. The third kappa shape index (κ3) is 4.28. The van der Waals surface area contributed by atoms with Crippen LogP contribution in [0, 0.1) is 5.92 Å². The van der Waals surface area contributed by atoms with Gasteiger partial charge in [0.05, 0.1) is 6.04 Å². The number of likely N-dealkylation sites (tertiary alicyclic amines) is 1. The summed E-state index contributed by atoms with van der Waals surface area (Å²) < 4.78 is 0. The topological polar surface area (TPSA) is 45.2 Å². The molecule has 4 nitrogen and oxygen atoms in total. The molecule has 1 saturated heterocycles. The first-order valence-electron chi connectivity index (χ1n) is 7.64. The summed E-state index contributed by atoms with van der Waals surface area (Å²) >= 11 is 1.61. The van der Waals surface area contributed by atoms with Gasteiger partial charge in [-0.3, -0.25) is 4.79 Å². The lowest BCUT2D eigenvalue weighted by molar-refractivity contribution is -0.123. The summed E-state index contributed by atoms with van der Waals surface area (Å²) in [6.45, 7) is 7.69. The van der Waals surface area contributed by atoms with Crippen molar-refractivity contribution in [1.29, 1.82) is 0 Å². The molecule has 1 aliphatic rings. The van der Waals surface area contributed by atoms with E-state index < -0.39 is 0 Å². The van der Waals surface area contributed by atoms with E-state index >= 15 is 0 Å². The molecule has 1 aromatic rings. The molecule has 5 heteroatoms. The third-order valence-corrected chi connectivity index (χ3v) is 5.01. The van der Waals surface area contributed by atoms with Crippen LogP contribution in [0.4, 0.5) is 0 Å². The minimum Gasteiger partial charge on any atom is -0.347 e. The van der Waals surface area contributed by atoms with Crippen LogP contribution in [0.5, 0.6) is 0 Å². The van der Waals surface area contributed by atoms with Crippen LogP contribution >= 0.6 is 11.3 Å². The Hall–Kier alpha value is -0.940. The molecule has 0 radical (unpaired) electrons. The minimum absolute atomic E-state index is 0.0817. The van der Waals surface area contributed by atoms with Gasteiger partial charge in [0.25, 0.3) is 0 Å². The van der Waals surface area contributed by atoms with Gasteiger partial charge in [0.2, 0.25) is 5.91 Å². The largest absolute Gasteiger partial charge is 0.347 e. The highest BCUT2D eigenvalue weighted by Crippen LogP contribution is 2.22. The van der Waals surface area contributed by atoms with Gasteiger partial charge in [-0.1, -0.05) is 13.8 Å². The van der Waals surface area contributed by atoms with Gasteiger partial charge in [0.15, 0.2) is 0 Å². The molecule has 2 rings (SSSR count). The average molecular weight is 295 g/mol. The number of carbonyl (C=O) groups excluding carboxylic acids is 1. The maximum Gasteiger partial charge on any atom is 0.220 e. The Balaban J connectivity index is 1.77. The number of amides is 1. The molecule has 1 N–H and O–H groups in total. The van der Waals surface area contributed by atoms with Gasteiger partial charge in [-0.05, 0) is 44.8 Å². The summed E-state index contributed by atoms with van der Waals surface area (Å²) in [5.74, 6) is 0.730. The van der Waals surface area contributed by atoms with E-state index in [2.05, 4.69) is 29.0 Å². The first-order chi connectivity index (χ1) is 9.72. The summed E-state index contributed by atoms with van der Waals surface area (Å²) in [5, 5.41) is 6.12. The molecule has 20 heavy (non-hydrogen) atoms. The molecule has 2 heterocycles. The van der Waals surface area contributed by atoms with Crippen molar-refractivity contribution in [3.05, 3.63) is 16.6 Å². The number of hydrogen-bond acceptors (Lipinski definition) is 4. The fraction of sp³-hybridized carbons (Fsp3) is 0.733. The number of carbonyl (C=O) groups is 1. The first kappa shape index (κ1) is 15.4. The Morgan fingerprint density at radius 3 is 2.80 bits per heavy atom. The van der Waals surface area contributed by atoms with Gasteiger partial charge in [-0.15, -0.1) is 11.3 Å². The van der Waals surface area contributed by atoms with Crippen molar-refractivity contribution < 1.29 is 4.79 Å². The van der Waals surface area contributed by atoms with Gasteiger partial charge < -0.3 is 10.2 Å². The second-order valence-electron chi connectivity index (χ2n) is 5.48. The fourth-order valence-electron chi connectivity index (χ4n) is 2.77. The van der Waals surface area contributed by atoms with Crippen LogP contribution in [0.2, 0.25) is 0 Å². The molecule has 0 bridgehead atoms. The van der Waals surface area contributed by atoms with E-state index in [1.165, 1.54) is 0 Å². The van der Waals surface area contributed by atoms with E-state index in [9.17, 15) is 4.79 Å². The molecule has 0 spiro atoms. The van der Waals surface area contributed by atoms with Crippen LogP contribution in [0.3, 0.4) is 0 Å². The lowest BCUT2D eigenvalue weighted by atomic mass is 9.93. The Bertz CT molecular complexity index is 399. The number of rotatable bonds is 6. The summed E-state index contributed by atoms with van der Waals surface area (Å²) in [4.78, 5) is 18.9. The SMILES string of the molecule is CC[C@@H](NC(=O)CC1CCN(CC)CC1)c1nccs1.